The van der Waals surface area contributed by atoms with Crippen LogP contribution in [0.2, 0.25) is 0 Å². The van der Waals surface area contributed by atoms with Crippen molar-refractivity contribution in [2.45, 2.75) is 24.4 Å². The Kier molecular flexibility index (Phi) is 3.05. The quantitative estimate of drug-likeness (QED) is 0.598. The van der Waals surface area contributed by atoms with Gasteiger partial charge in [0.1, 0.15) is 6.10 Å². The van der Waals surface area contributed by atoms with Gasteiger partial charge < -0.3 is 14.9 Å². The molecule has 100 valence electrons. The molecule has 7 nitrogen and oxygen atoms in total. The summed E-state index contributed by atoms with van der Waals surface area (Å²) >= 11 is 0. The Bertz CT molecular complexity index is 554. The lowest BCUT2D eigenvalue weighted by atomic mass is 10.1. The average molecular weight is 264 g/mol. The van der Waals surface area contributed by atoms with Gasteiger partial charge in [-0.05, 0) is 0 Å². The van der Waals surface area contributed by atoms with Crippen LogP contribution in [0.25, 0.3) is 0 Å². The van der Waals surface area contributed by atoms with Gasteiger partial charge in [0.15, 0.2) is 6.10 Å². The highest BCUT2D eigenvalue weighted by Gasteiger charge is 2.59. The van der Waals surface area contributed by atoms with E-state index in [0.29, 0.717) is 4.57 Å². The molecule has 18 heavy (non-hydrogen) atoms. The molecule has 3 atom stereocenters. The SMILES string of the molecule is O=c1ccn([C@@H]2O[C@H](CO)C(O)C2(F)F)c(=O)[nH]1. The summed E-state index contributed by atoms with van der Waals surface area (Å²) in [4.78, 5) is 24.0. The number of aromatic amines is 1. The molecule has 1 aromatic rings. The Balaban J connectivity index is 2.45. The number of rotatable bonds is 2. The molecule has 0 saturated carbocycles. The van der Waals surface area contributed by atoms with Gasteiger partial charge in [-0.2, -0.15) is 8.78 Å². The second-order valence-corrected chi connectivity index (χ2v) is 3.85. The molecule has 3 N–H and O–H groups in total. The Morgan fingerprint density at radius 2 is 2.17 bits per heavy atom. The van der Waals surface area contributed by atoms with E-state index in [1.807, 2.05) is 0 Å². The van der Waals surface area contributed by atoms with E-state index in [9.17, 15) is 23.5 Å². The van der Waals surface area contributed by atoms with E-state index in [-0.39, 0.29) is 0 Å². The minimum absolute atomic E-state index is 0.459. The summed E-state index contributed by atoms with van der Waals surface area (Å²) in [5.41, 5.74) is -1.82. The number of nitrogens with one attached hydrogen (secondary N) is 1. The minimum atomic E-state index is -3.75. The number of H-pyrrole nitrogens is 1. The highest BCUT2D eigenvalue weighted by atomic mass is 19.3. The lowest BCUT2D eigenvalue weighted by molar-refractivity contribution is -0.141. The zero-order valence-electron chi connectivity index (χ0n) is 8.92. The highest BCUT2D eigenvalue weighted by molar-refractivity contribution is 4.97. The van der Waals surface area contributed by atoms with Crippen molar-refractivity contribution < 1.29 is 23.7 Å². The smallest absolute Gasteiger partial charge is 0.330 e. The van der Waals surface area contributed by atoms with Crippen LogP contribution in [0.15, 0.2) is 21.9 Å². The third kappa shape index (κ3) is 1.85. The molecular weight excluding hydrogens is 254 g/mol. The number of aromatic nitrogens is 2. The Labute approximate surface area is 98.3 Å². The van der Waals surface area contributed by atoms with E-state index in [4.69, 9.17) is 9.84 Å². The fourth-order valence-electron chi connectivity index (χ4n) is 1.73. The first-order chi connectivity index (χ1) is 8.37. The maximum atomic E-state index is 13.7. The van der Waals surface area contributed by atoms with Crippen molar-refractivity contribution in [1.82, 2.24) is 9.55 Å². The molecule has 1 aromatic heterocycles. The van der Waals surface area contributed by atoms with Crippen LogP contribution < -0.4 is 11.2 Å². The number of hydrogen-bond donors (Lipinski definition) is 3. The van der Waals surface area contributed by atoms with Crippen molar-refractivity contribution in [3.8, 4) is 0 Å². The summed E-state index contributed by atoms with van der Waals surface area (Å²) in [6.45, 7) is -0.814. The van der Waals surface area contributed by atoms with Gasteiger partial charge in [0.25, 0.3) is 5.56 Å². The van der Waals surface area contributed by atoms with E-state index < -0.39 is 42.2 Å². The molecule has 1 aliphatic rings. The summed E-state index contributed by atoms with van der Waals surface area (Å²) in [5.74, 6) is -3.75. The molecule has 0 spiro atoms. The first kappa shape index (κ1) is 12.9. The molecule has 1 saturated heterocycles. The summed E-state index contributed by atoms with van der Waals surface area (Å²) in [6.07, 6.45) is -4.96. The topological polar surface area (TPSA) is 105 Å². The van der Waals surface area contributed by atoms with Crippen LogP contribution in [0, 0.1) is 0 Å². The third-order valence-electron chi connectivity index (χ3n) is 2.66. The predicted octanol–water partition coefficient (Wildman–Crippen LogP) is -1.58. The van der Waals surface area contributed by atoms with Gasteiger partial charge in [0.2, 0.25) is 6.23 Å². The number of alkyl halides is 2. The summed E-state index contributed by atoms with van der Waals surface area (Å²) in [6, 6.07) is 0.874. The number of halogens is 2. The molecule has 1 aliphatic heterocycles. The number of ether oxygens (including phenoxy) is 1. The van der Waals surface area contributed by atoms with Crippen molar-refractivity contribution in [2.75, 3.05) is 6.61 Å². The average Bonchev–Trinajstić information content (AvgIpc) is 2.52. The van der Waals surface area contributed by atoms with Crippen LogP contribution in [-0.4, -0.2) is 44.5 Å². The van der Waals surface area contributed by atoms with Crippen LogP contribution in [-0.2, 0) is 4.74 Å². The van der Waals surface area contributed by atoms with E-state index in [1.54, 1.807) is 4.98 Å². The van der Waals surface area contributed by atoms with Crippen LogP contribution >= 0.6 is 0 Å². The fourth-order valence-corrected chi connectivity index (χ4v) is 1.73. The summed E-state index contributed by atoms with van der Waals surface area (Å²) < 4.78 is 32.5. The normalized spacial score (nSPS) is 30.6. The second-order valence-electron chi connectivity index (χ2n) is 3.85. The molecule has 0 bridgehead atoms. The number of aliphatic hydroxyl groups excluding tert-OH is 2. The molecule has 2 heterocycles. The molecule has 0 radical (unpaired) electrons. The molecule has 9 heteroatoms. The van der Waals surface area contributed by atoms with Gasteiger partial charge in [-0.3, -0.25) is 14.3 Å². The van der Waals surface area contributed by atoms with Crippen molar-refractivity contribution in [1.29, 1.82) is 0 Å². The van der Waals surface area contributed by atoms with Gasteiger partial charge in [0.05, 0.1) is 6.61 Å². The van der Waals surface area contributed by atoms with Gasteiger partial charge in [-0.15, -0.1) is 0 Å². The molecule has 0 aliphatic carbocycles. The van der Waals surface area contributed by atoms with Crippen molar-refractivity contribution in [2.24, 2.45) is 0 Å². The van der Waals surface area contributed by atoms with Crippen molar-refractivity contribution >= 4 is 0 Å². The standard InChI is InChI=1S/C9H10F2N2O5/c10-9(11)6(16)4(3-14)18-7(9)13-2-1-5(15)12-8(13)17/h1-2,4,6-7,14,16H,3H2,(H,12,15,17)/t4-,6?,7-/m1/s1. The maximum Gasteiger partial charge on any atom is 0.330 e. The minimum Gasteiger partial charge on any atom is -0.394 e. The van der Waals surface area contributed by atoms with Crippen LogP contribution in [0.4, 0.5) is 8.78 Å². The first-order valence-electron chi connectivity index (χ1n) is 5.01. The Hall–Kier alpha value is -1.58. The van der Waals surface area contributed by atoms with Crippen molar-refractivity contribution in [3.05, 3.63) is 33.1 Å². The van der Waals surface area contributed by atoms with Crippen LogP contribution in [0.5, 0.6) is 0 Å². The second kappa shape index (κ2) is 4.26. The monoisotopic (exact) mass is 264 g/mol. The van der Waals surface area contributed by atoms with Gasteiger partial charge in [-0.1, -0.05) is 0 Å². The molecule has 2 rings (SSSR count). The van der Waals surface area contributed by atoms with Gasteiger partial charge >= 0.3 is 11.6 Å². The molecule has 1 fully saturated rings. The number of nitrogens with zero attached hydrogens (tertiary/aromatic N) is 1. The van der Waals surface area contributed by atoms with Gasteiger partial charge in [-0.25, -0.2) is 4.79 Å². The largest absolute Gasteiger partial charge is 0.394 e. The summed E-state index contributed by atoms with van der Waals surface area (Å²) in [5, 5.41) is 18.1. The summed E-state index contributed by atoms with van der Waals surface area (Å²) in [7, 11) is 0. The van der Waals surface area contributed by atoms with E-state index in [0.717, 1.165) is 12.3 Å². The number of hydrogen-bond acceptors (Lipinski definition) is 5. The van der Waals surface area contributed by atoms with E-state index >= 15 is 0 Å². The molecule has 0 amide bonds. The van der Waals surface area contributed by atoms with E-state index in [2.05, 4.69) is 0 Å². The Morgan fingerprint density at radius 3 is 2.67 bits per heavy atom. The lowest BCUT2D eigenvalue weighted by Gasteiger charge is -2.20. The van der Waals surface area contributed by atoms with E-state index in [1.165, 1.54) is 0 Å². The molecule has 1 unspecified atom stereocenters. The molecule has 0 aromatic carbocycles. The fraction of sp³-hybridized carbons (Fsp3) is 0.556. The first-order valence-corrected chi connectivity index (χ1v) is 5.01. The van der Waals surface area contributed by atoms with Gasteiger partial charge in [0, 0.05) is 12.3 Å². The number of aliphatic hydroxyl groups is 2. The van der Waals surface area contributed by atoms with Crippen molar-refractivity contribution in [3.63, 3.8) is 0 Å². The van der Waals surface area contributed by atoms with Crippen LogP contribution in [0.3, 0.4) is 0 Å². The zero-order chi connectivity index (χ0) is 13.5. The molecular formula is C9H10F2N2O5. The Morgan fingerprint density at radius 1 is 1.50 bits per heavy atom. The third-order valence-corrected chi connectivity index (χ3v) is 2.66. The predicted molar refractivity (Wildman–Crippen MR) is 53.3 cm³/mol. The highest BCUT2D eigenvalue weighted by Crippen LogP contribution is 2.41. The zero-order valence-corrected chi connectivity index (χ0v) is 8.92. The lowest BCUT2D eigenvalue weighted by Crippen LogP contribution is -2.42. The van der Waals surface area contributed by atoms with Crippen LogP contribution in [0.1, 0.15) is 6.23 Å². The maximum absolute atomic E-state index is 13.7.